The Kier molecular flexibility index (Phi) is 8.48. The SMILES string of the molecule is CC(C)(SSCCCCS(=O)O)C(N)C(=O)O. The zero-order valence-electron chi connectivity index (χ0n) is 9.92. The first-order valence-corrected chi connectivity index (χ1v) is 8.73. The van der Waals surface area contributed by atoms with Crippen molar-refractivity contribution in [2.45, 2.75) is 37.5 Å². The number of nitrogens with two attached hydrogens (primary N) is 1. The molecule has 0 rings (SSSR count). The average molecular weight is 301 g/mol. The predicted octanol–water partition coefficient (Wildman–Crippen LogP) is 1.56. The number of rotatable bonds is 9. The molecule has 4 N–H and O–H groups in total. The predicted molar refractivity (Wildman–Crippen MR) is 74.6 cm³/mol. The molecule has 0 bridgehead atoms. The molecule has 102 valence electrons. The van der Waals surface area contributed by atoms with Crippen molar-refractivity contribution >= 4 is 38.6 Å². The maximum absolute atomic E-state index is 10.7. The van der Waals surface area contributed by atoms with Gasteiger partial charge in [0.1, 0.15) is 6.04 Å². The van der Waals surface area contributed by atoms with E-state index in [1.54, 1.807) is 24.6 Å². The molecule has 0 fully saturated rings. The molecule has 2 unspecified atom stereocenters. The fourth-order valence-corrected chi connectivity index (χ4v) is 4.12. The summed E-state index contributed by atoms with van der Waals surface area (Å²) in [6, 6.07) is -0.898. The molecular weight excluding hydrogens is 282 g/mol. The Morgan fingerprint density at radius 3 is 2.53 bits per heavy atom. The fourth-order valence-electron chi connectivity index (χ4n) is 0.929. The summed E-state index contributed by atoms with van der Waals surface area (Å²) in [5, 5.41) is 8.81. The summed E-state index contributed by atoms with van der Waals surface area (Å²) < 4.78 is 18.4. The van der Waals surface area contributed by atoms with Gasteiger partial charge in [0.2, 0.25) is 0 Å². The van der Waals surface area contributed by atoms with Gasteiger partial charge in [-0.1, -0.05) is 21.6 Å². The fraction of sp³-hybridized carbons (Fsp3) is 0.889. The first kappa shape index (κ1) is 17.2. The van der Waals surface area contributed by atoms with Crippen LogP contribution in [0.4, 0.5) is 0 Å². The number of carboxylic acids is 1. The number of carboxylic acid groups (broad SMARTS) is 1. The Morgan fingerprint density at radius 1 is 1.47 bits per heavy atom. The van der Waals surface area contributed by atoms with Crippen molar-refractivity contribution in [3.05, 3.63) is 0 Å². The van der Waals surface area contributed by atoms with Gasteiger partial charge in [-0.15, -0.1) is 0 Å². The van der Waals surface area contributed by atoms with Crippen LogP contribution in [0.3, 0.4) is 0 Å². The number of hydrogen-bond acceptors (Lipinski definition) is 5. The van der Waals surface area contributed by atoms with Crippen LogP contribution in [-0.4, -0.2) is 42.1 Å². The molecule has 5 nitrogen and oxygen atoms in total. The highest BCUT2D eigenvalue weighted by Gasteiger charge is 2.32. The van der Waals surface area contributed by atoms with Gasteiger partial charge in [-0.05, 0) is 26.7 Å². The maximum atomic E-state index is 10.7. The van der Waals surface area contributed by atoms with Crippen molar-refractivity contribution in [1.29, 1.82) is 0 Å². The molecule has 0 amide bonds. The molecule has 0 spiro atoms. The molecule has 0 heterocycles. The van der Waals surface area contributed by atoms with Crippen LogP contribution in [0.15, 0.2) is 0 Å². The van der Waals surface area contributed by atoms with Crippen LogP contribution < -0.4 is 5.73 Å². The number of aliphatic carboxylic acids is 1. The second-order valence-corrected chi connectivity index (χ2v) is 8.18. The van der Waals surface area contributed by atoms with Crippen molar-refractivity contribution < 1.29 is 18.7 Å². The van der Waals surface area contributed by atoms with Gasteiger partial charge in [0.25, 0.3) is 0 Å². The second kappa shape index (κ2) is 8.36. The molecular formula is C9H19NO4S3. The van der Waals surface area contributed by atoms with Crippen LogP contribution in [0.25, 0.3) is 0 Å². The Hall–Kier alpha value is 0.240. The van der Waals surface area contributed by atoms with Crippen molar-refractivity contribution in [3.8, 4) is 0 Å². The molecule has 0 saturated carbocycles. The molecule has 8 heteroatoms. The van der Waals surface area contributed by atoms with Crippen LogP contribution in [0.5, 0.6) is 0 Å². The van der Waals surface area contributed by atoms with Gasteiger partial charge in [-0.25, -0.2) is 4.21 Å². The second-order valence-electron chi connectivity index (χ2n) is 4.06. The molecule has 0 aromatic carbocycles. The molecule has 0 aliphatic heterocycles. The molecule has 2 atom stereocenters. The van der Waals surface area contributed by atoms with E-state index in [9.17, 15) is 9.00 Å². The summed E-state index contributed by atoms with van der Waals surface area (Å²) in [4.78, 5) is 10.7. The summed E-state index contributed by atoms with van der Waals surface area (Å²) >= 11 is -1.72. The van der Waals surface area contributed by atoms with E-state index in [0.717, 1.165) is 12.2 Å². The van der Waals surface area contributed by atoms with Gasteiger partial charge >= 0.3 is 5.97 Å². The number of unbranched alkanes of at least 4 members (excludes halogenated alkanes) is 1. The lowest BCUT2D eigenvalue weighted by Gasteiger charge is -2.27. The van der Waals surface area contributed by atoms with Gasteiger partial charge in [0.05, 0.1) is 0 Å². The Labute approximate surface area is 112 Å². The Morgan fingerprint density at radius 2 is 2.06 bits per heavy atom. The van der Waals surface area contributed by atoms with Crippen LogP contribution >= 0.6 is 21.6 Å². The van der Waals surface area contributed by atoms with E-state index >= 15 is 0 Å². The van der Waals surface area contributed by atoms with Crippen molar-refractivity contribution in [1.82, 2.24) is 0 Å². The molecule has 0 aromatic rings. The van der Waals surface area contributed by atoms with E-state index in [2.05, 4.69) is 0 Å². The Bertz CT molecular complexity index is 273. The minimum absolute atomic E-state index is 0.295. The van der Waals surface area contributed by atoms with Gasteiger partial charge in [0.15, 0.2) is 11.1 Å². The molecule has 0 radical (unpaired) electrons. The first-order valence-electron chi connectivity index (χ1n) is 5.14. The molecule has 0 saturated heterocycles. The van der Waals surface area contributed by atoms with Crippen molar-refractivity contribution in [2.75, 3.05) is 11.5 Å². The van der Waals surface area contributed by atoms with E-state index in [4.69, 9.17) is 15.4 Å². The smallest absolute Gasteiger partial charge is 0.321 e. The average Bonchev–Trinajstić information content (AvgIpc) is 2.21. The third-order valence-corrected chi connectivity index (χ3v) is 6.12. The largest absolute Gasteiger partial charge is 0.480 e. The highest BCUT2D eigenvalue weighted by Crippen LogP contribution is 2.37. The van der Waals surface area contributed by atoms with Crippen LogP contribution in [0.2, 0.25) is 0 Å². The lowest BCUT2D eigenvalue weighted by atomic mass is 10.1. The summed E-state index contributed by atoms with van der Waals surface area (Å²) in [5.74, 6) is 0.111. The third-order valence-electron chi connectivity index (χ3n) is 2.09. The van der Waals surface area contributed by atoms with Crippen LogP contribution in [-0.2, 0) is 15.9 Å². The van der Waals surface area contributed by atoms with E-state index in [1.807, 2.05) is 0 Å². The molecule has 0 aliphatic carbocycles. The zero-order chi connectivity index (χ0) is 13.5. The summed E-state index contributed by atoms with van der Waals surface area (Å²) in [6.45, 7) is 3.60. The van der Waals surface area contributed by atoms with E-state index in [1.165, 1.54) is 10.8 Å². The lowest BCUT2D eigenvalue weighted by Crippen LogP contribution is -2.46. The number of hydrogen-bond donors (Lipinski definition) is 3. The van der Waals surface area contributed by atoms with Gasteiger partial charge < -0.3 is 15.4 Å². The highest BCUT2D eigenvalue weighted by atomic mass is 33.1. The lowest BCUT2D eigenvalue weighted by molar-refractivity contribution is -0.139. The standard InChI is InChI=1S/C9H19NO4S3/c1-9(2,7(10)8(11)12)16-15-5-3-4-6-17(13)14/h7H,3-6,10H2,1-2H3,(H,11,12)(H,13,14). The number of carbonyl (C=O) groups is 1. The third kappa shape index (κ3) is 8.04. The highest BCUT2D eigenvalue weighted by molar-refractivity contribution is 8.77. The topological polar surface area (TPSA) is 101 Å². The van der Waals surface area contributed by atoms with E-state index in [-0.39, 0.29) is 0 Å². The van der Waals surface area contributed by atoms with E-state index < -0.39 is 27.8 Å². The summed E-state index contributed by atoms with van der Waals surface area (Å²) in [6.07, 6.45) is 1.53. The van der Waals surface area contributed by atoms with E-state index in [0.29, 0.717) is 12.2 Å². The van der Waals surface area contributed by atoms with Crippen LogP contribution in [0, 0.1) is 0 Å². The zero-order valence-corrected chi connectivity index (χ0v) is 12.4. The van der Waals surface area contributed by atoms with Crippen LogP contribution in [0.1, 0.15) is 26.7 Å². The molecule has 17 heavy (non-hydrogen) atoms. The monoisotopic (exact) mass is 301 g/mol. The first-order chi connectivity index (χ1) is 7.77. The normalized spacial score (nSPS) is 15.5. The minimum atomic E-state index is -1.72. The summed E-state index contributed by atoms with van der Waals surface area (Å²) in [7, 11) is 3.00. The molecule has 0 aliphatic rings. The summed E-state index contributed by atoms with van der Waals surface area (Å²) in [5.41, 5.74) is 5.57. The van der Waals surface area contributed by atoms with Crippen molar-refractivity contribution in [3.63, 3.8) is 0 Å². The molecule has 0 aromatic heterocycles. The Balaban J connectivity index is 3.73. The van der Waals surface area contributed by atoms with Gasteiger partial charge in [0, 0.05) is 16.3 Å². The van der Waals surface area contributed by atoms with Gasteiger partial charge in [-0.2, -0.15) is 0 Å². The minimum Gasteiger partial charge on any atom is -0.480 e. The quantitative estimate of drug-likeness (QED) is 0.337. The van der Waals surface area contributed by atoms with Crippen molar-refractivity contribution in [2.24, 2.45) is 5.73 Å². The maximum Gasteiger partial charge on any atom is 0.321 e. The van der Waals surface area contributed by atoms with Gasteiger partial charge in [-0.3, -0.25) is 4.79 Å².